The molecule has 1 heterocycles. The molecule has 298 valence electrons. The number of nitrogens with zero attached hydrogens (tertiary/aromatic N) is 1. The Morgan fingerprint density at radius 2 is 1.64 bits per heavy atom. The zero-order valence-corrected chi connectivity index (χ0v) is 35.8. The minimum atomic E-state index is -1.45. The number of thiazole rings is 1. The van der Waals surface area contributed by atoms with Gasteiger partial charge >= 0.3 is 23.3 Å². The molecule has 1 aromatic heterocycles. The van der Waals surface area contributed by atoms with Gasteiger partial charge in [0, 0.05) is 19.2 Å². The highest BCUT2D eigenvalue weighted by molar-refractivity contribution is 8.13. The predicted molar refractivity (Wildman–Crippen MR) is 209 cm³/mol. The first kappa shape index (κ1) is 47.3. The second kappa shape index (κ2) is 21.9. The molecule has 0 saturated heterocycles. The zero-order valence-electron chi connectivity index (χ0n) is 33.1. The fourth-order valence-corrected chi connectivity index (χ4v) is 6.08. The number of thioether (sulfide) groups is 1. The van der Waals surface area contributed by atoms with Gasteiger partial charge in [-0.05, 0) is 84.7 Å². The van der Waals surface area contributed by atoms with Crippen molar-refractivity contribution in [2.24, 2.45) is 5.92 Å². The van der Waals surface area contributed by atoms with Crippen molar-refractivity contribution in [1.29, 1.82) is 0 Å². The molecule has 0 bridgehead atoms. The Kier molecular flexibility index (Phi) is 19.5. The Morgan fingerprint density at radius 1 is 1.00 bits per heavy atom. The van der Waals surface area contributed by atoms with E-state index in [1.807, 2.05) is 0 Å². The highest BCUT2D eigenvalue weighted by Crippen LogP contribution is 2.17. The molecule has 3 amide bonds. The average molecular weight is 799 g/mol. The lowest BCUT2D eigenvalue weighted by atomic mass is 10.0. The van der Waals surface area contributed by atoms with Gasteiger partial charge in [0.15, 0.2) is 0 Å². The summed E-state index contributed by atoms with van der Waals surface area (Å²) in [5.74, 6) is -2.76. The van der Waals surface area contributed by atoms with Crippen LogP contribution in [0.2, 0.25) is 25.7 Å². The van der Waals surface area contributed by atoms with Gasteiger partial charge in [-0.25, -0.2) is 19.4 Å². The molecule has 0 aliphatic carbocycles. The van der Waals surface area contributed by atoms with Crippen LogP contribution < -0.4 is 16.0 Å². The standard InChI is InChI=1S/C36H58N4O10S2Si/c1-13-25(39-31(43)26-22-52-27(38-26)21-37-33(45)49-35(4,5)6)30(42)40-29(23(2)3)32(44)48-24(20-28(41)47-17-19-53(10,11)12)16-14-15-18-51-34(46)50-36(7,8)9/h13-14,16,22-24,29H,15,17-21H2,1-12H3,(H,37,45)(H,39,43)(H,40,42)/b16-14+,25-13-/t24-,29+/m1/s1. The number of nitrogens with one attached hydrogen (secondary N) is 3. The van der Waals surface area contributed by atoms with Crippen LogP contribution in [0, 0.1) is 5.92 Å². The van der Waals surface area contributed by atoms with Gasteiger partial charge in [0.1, 0.15) is 39.7 Å². The van der Waals surface area contributed by atoms with E-state index in [1.165, 1.54) is 11.5 Å². The molecule has 1 aromatic rings. The van der Waals surface area contributed by atoms with E-state index in [-0.39, 0.29) is 31.0 Å². The van der Waals surface area contributed by atoms with Crippen LogP contribution in [0.4, 0.5) is 9.59 Å². The van der Waals surface area contributed by atoms with Crippen molar-refractivity contribution in [1.82, 2.24) is 20.9 Å². The lowest BCUT2D eigenvalue weighted by molar-refractivity contribution is -0.156. The number of hydrogen-bond donors (Lipinski definition) is 3. The molecule has 17 heteroatoms. The van der Waals surface area contributed by atoms with Gasteiger partial charge in [0.05, 0.1) is 19.6 Å². The van der Waals surface area contributed by atoms with E-state index >= 15 is 0 Å². The second-order valence-corrected chi connectivity index (χ2v) is 23.2. The molecule has 0 saturated carbocycles. The van der Waals surface area contributed by atoms with Crippen molar-refractivity contribution < 1.29 is 47.7 Å². The van der Waals surface area contributed by atoms with E-state index in [1.54, 1.807) is 74.5 Å². The van der Waals surface area contributed by atoms with Gasteiger partial charge in [-0.3, -0.25) is 14.4 Å². The van der Waals surface area contributed by atoms with Crippen LogP contribution in [-0.2, 0) is 39.9 Å². The quantitative estimate of drug-likeness (QED) is 0.0355. The first-order valence-corrected chi connectivity index (χ1v) is 23.0. The van der Waals surface area contributed by atoms with E-state index < -0.39 is 72.5 Å². The number of aromatic nitrogens is 1. The number of carbonyl (C=O) groups excluding carboxylic acids is 6. The number of rotatable bonds is 18. The Hall–Kier alpha value is -3.70. The fraction of sp³-hybridized carbons (Fsp3) is 0.639. The third kappa shape index (κ3) is 21.6. The van der Waals surface area contributed by atoms with Gasteiger partial charge in [-0.15, -0.1) is 11.3 Å². The predicted octanol–water partition coefficient (Wildman–Crippen LogP) is 6.74. The molecule has 0 aliphatic rings. The first-order valence-electron chi connectivity index (χ1n) is 17.5. The molecule has 2 atom stereocenters. The van der Waals surface area contributed by atoms with Gasteiger partial charge in [-0.1, -0.05) is 45.6 Å². The summed E-state index contributed by atoms with van der Waals surface area (Å²) in [6, 6.07) is -0.359. The van der Waals surface area contributed by atoms with Crippen molar-refractivity contribution >= 4 is 66.3 Å². The lowest BCUT2D eigenvalue weighted by Gasteiger charge is -2.24. The summed E-state index contributed by atoms with van der Waals surface area (Å²) in [6.45, 7) is 22.3. The maximum atomic E-state index is 13.5. The molecule has 3 N–H and O–H groups in total. The summed E-state index contributed by atoms with van der Waals surface area (Å²) < 4.78 is 21.7. The third-order valence-corrected chi connectivity index (χ3v) is 9.86. The third-order valence-electron chi connectivity index (χ3n) is 6.55. The van der Waals surface area contributed by atoms with Gasteiger partial charge < -0.3 is 34.9 Å². The Balaban J connectivity index is 2.96. The summed E-state index contributed by atoms with van der Waals surface area (Å²) >= 11 is 2.15. The van der Waals surface area contributed by atoms with Gasteiger partial charge in [0.2, 0.25) is 0 Å². The van der Waals surface area contributed by atoms with Crippen LogP contribution in [0.25, 0.3) is 0 Å². The molecule has 0 spiro atoms. The number of allylic oxidation sites excluding steroid dienone is 2. The highest BCUT2D eigenvalue weighted by atomic mass is 32.2. The summed E-state index contributed by atoms with van der Waals surface area (Å²) in [4.78, 5) is 80.7. The van der Waals surface area contributed by atoms with Crippen molar-refractivity contribution in [3.8, 4) is 0 Å². The number of amides is 3. The van der Waals surface area contributed by atoms with Gasteiger partial charge in [-0.2, -0.15) is 0 Å². The normalized spacial score (nSPS) is 13.6. The van der Waals surface area contributed by atoms with E-state index in [0.717, 1.165) is 29.1 Å². The Bertz CT molecular complexity index is 1470. The SMILES string of the molecule is C/C=C(\NC(=O)c1csc(CNC(=O)OC(C)(C)C)n1)C(=O)N[C@H](C(=O)O[C@H](/C=C/CCSC(=O)OC(C)(C)C)CC(=O)OCC[Si](C)(C)C)C(C)C. The number of carbonyl (C=O) groups is 6. The first-order chi connectivity index (χ1) is 24.4. The van der Waals surface area contributed by atoms with Crippen LogP contribution in [0.1, 0.15) is 90.7 Å². The van der Waals surface area contributed by atoms with Crippen LogP contribution >= 0.6 is 23.1 Å². The monoisotopic (exact) mass is 798 g/mol. The molecule has 0 aromatic carbocycles. The summed E-state index contributed by atoms with van der Waals surface area (Å²) in [5, 5.41) is 9.25. The molecule has 1 rings (SSSR count). The Morgan fingerprint density at radius 3 is 2.21 bits per heavy atom. The minimum Gasteiger partial charge on any atom is -0.466 e. The number of esters is 2. The highest BCUT2D eigenvalue weighted by Gasteiger charge is 2.30. The lowest BCUT2D eigenvalue weighted by Crippen LogP contribution is -2.48. The molecule has 14 nitrogen and oxygen atoms in total. The Labute approximate surface area is 323 Å². The van der Waals surface area contributed by atoms with E-state index in [9.17, 15) is 28.8 Å². The van der Waals surface area contributed by atoms with Crippen molar-refractivity contribution in [2.45, 2.75) is 131 Å². The summed E-state index contributed by atoms with van der Waals surface area (Å²) in [6.07, 6.45) is 3.21. The van der Waals surface area contributed by atoms with Crippen molar-refractivity contribution in [3.05, 3.63) is 40.0 Å². The van der Waals surface area contributed by atoms with E-state index in [0.29, 0.717) is 17.2 Å². The smallest absolute Gasteiger partial charge is 0.408 e. The second-order valence-electron chi connectivity index (χ2n) is 15.6. The summed E-state index contributed by atoms with van der Waals surface area (Å²) in [7, 11) is -1.45. The largest absolute Gasteiger partial charge is 0.466 e. The van der Waals surface area contributed by atoms with Crippen molar-refractivity contribution in [2.75, 3.05) is 12.4 Å². The van der Waals surface area contributed by atoms with Crippen LogP contribution in [0.5, 0.6) is 0 Å². The molecule has 53 heavy (non-hydrogen) atoms. The topological polar surface area (TPSA) is 188 Å². The number of hydrogen-bond acceptors (Lipinski definition) is 13. The van der Waals surface area contributed by atoms with E-state index in [2.05, 4.69) is 40.6 Å². The molecule has 0 fully saturated rings. The maximum Gasteiger partial charge on any atom is 0.408 e. The molecule has 0 unspecified atom stereocenters. The van der Waals surface area contributed by atoms with Gasteiger partial charge in [0.25, 0.3) is 11.8 Å². The van der Waals surface area contributed by atoms with Crippen molar-refractivity contribution in [3.63, 3.8) is 0 Å². The zero-order chi connectivity index (χ0) is 40.6. The molecular formula is C36H58N4O10S2Si. The van der Waals surface area contributed by atoms with E-state index in [4.69, 9.17) is 18.9 Å². The fourth-order valence-electron chi connectivity index (χ4n) is 3.92. The maximum absolute atomic E-state index is 13.5. The molecule has 0 aliphatic heterocycles. The van der Waals surface area contributed by atoms with Crippen LogP contribution in [-0.4, -0.2) is 83.9 Å². The molecule has 0 radical (unpaired) electrons. The number of ether oxygens (including phenoxy) is 4. The average Bonchev–Trinajstić information content (AvgIpc) is 3.47. The van der Waals surface area contributed by atoms with Crippen LogP contribution in [0.15, 0.2) is 29.3 Å². The minimum absolute atomic E-state index is 0.0267. The van der Waals surface area contributed by atoms with Crippen LogP contribution in [0.3, 0.4) is 0 Å². The number of alkyl carbamates (subject to hydrolysis) is 1. The molecular weight excluding hydrogens is 741 g/mol. The summed E-state index contributed by atoms with van der Waals surface area (Å²) in [5.41, 5.74) is -1.37.